The molecule has 124 valence electrons. The van der Waals surface area contributed by atoms with Gasteiger partial charge in [-0.25, -0.2) is 0 Å². The summed E-state index contributed by atoms with van der Waals surface area (Å²) in [5.74, 6) is -0.270. The summed E-state index contributed by atoms with van der Waals surface area (Å²) < 4.78 is 0. The fraction of sp³-hybridized carbons (Fsp3) is 0. The average molecular weight is 339 g/mol. The Labute approximate surface area is 149 Å². The Morgan fingerprint density at radius 1 is 1.12 bits per heavy atom. The topological polar surface area (TPSA) is 94.5 Å². The summed E-state index contributed by atoms with van der Waals surface area (Å²) >= 11 is 0. The monoisotopic (exact) mass is 339 g/mol. The quantitative estimate of drug-likeness (QED) is 0.594. The lowest BCUT2D eigenvalue weighted by Crippen LogP contribution is -2.11. The van der Waals surface area contributed by atoms with Crippen molar-refractivity contribution in [2.45, 2.75) is 0 Å². The first-order valence-electron chi connectivity index (χ1n) is 7.94. The first kappa shape index (κ1) is 15.5. The molecule has 2 N–H and O–H groups in total. The van der Waals surface area contributed by atoms with Crippen LogP contribution in [0.4, 0.5) is 5.69 Å². The van der Waals surface area contributed by atoms with E-state index in [-0.39, 0.29) is 5.91 Å². The minimum Gasteiger partial charge on any atom is -0.322 e. The molecule has 2 aromatic heterocycles. The third-order valence-corrected chi connectivity index (χ3v) is 4.01. The number of nitriles is 1. The van der Waals surface area contributed by atoms with E-state index in [4.69, 9.17) is 5.26 Å². The molecule has 0 fully saturated rings. The van der Waals surface area contributed by atoms with E-state index in [0.29, 0.717) is 16.8 Å². The van der Waals surface area contributed by atoms with Crippen molar-refractivity contribution < 1.29 is 4.79 Å². The number of nitrogens with one attached hydrogen (secondary N) is 2. The zero-order valence-electron chi connectivity index (χ0n) is 13.6. The van der Waals surface area contributed by atoms with Crippen LogP contribution < -0.4 is 5.32 Å². The Balaban J connectivity index is 1.67. The zero-order chi connectivity index (χ0) is 17.9. The highest BCUT2D eigenvalue weighted by Gasteiger charge is 2.11. The molecule has 2 heterocycles. The van der Waals surface area contributed by atoms with E-state index in [2.05, 4.69) is 20.5 Å². The minimum atomic E-state index is -0.270. The molecule has 0 aliphatic rings. The maximum absolute atomic E-state index is 12.5. The molecule has 4 rings (SSSR count). The molecule has 0 aliphatic carbocycles. The molecule has 2 aromatic carbocycles. The molecule has 26 heavy (non-hydrogen) atoms. The van der Waals surface area contributed by atoms with Gasteiger partial charge in [-0.1, -0.05) is 6.07 Å². The Kier molecular flexibility index (Phi) is 3.88. The summed E-state index contributed by atoms with van der Waals surface area (Å²) in [5.41, 5.74) is 4.06. The second kappa shape index (κ2) is 6.49. The molecular weight excluding hydrogens is 326 g/mol. The van der Waals surface area contributed by atoms with Crippen LogP contribution in [0.15, 0.2) is 67.0 Å². The van der Waals surface area contributed by atoms with Gasteiger partial charge in [-0.15, -0.1) is 0 Å². The first-order chi connectivity index (χ1) is 12.7. The highest BCUT2D eigenvalue weighted by Crippen LogP contribution is 2.28. The van der Waals surface area contributed by atoms with Crippen molar-refractivity contribution in [1.82, 2.24) is 15.2 Å². The molecule has 0 bridgehead atoms. The van der Waals surface area contributed by atoms with Crippen molar-refractivity contribution >= 4 is 22.5 Å². The Morgan fingerprint density at radius 2 is 2.04 bits per heavy atom. The van der Waals surface area contributed by atoms with E-state index in [0.717, 1.165) is 22.2 Å². The highest BCUT2D eigenvalue weighted by atomic mass is 16.1. The van der Waals surface area contributed by atoms with E-state index in [9.17, 15) is 4.79 Å². The molecule has 0 saturated carbocycles. The first-order valence-corrected chi connectivity index (χ1v) is 7.94. The van der Waals surface area contributed by atoms with Crippen molar-refractivity contribution in [1.29, 1.82) is 5.26 Å². The number of amides is 1. The van der Waals surface area contributed by atoms with Crippen LogP contribution in [0.1, 0.15) is 15.9 Å². The Morgan fingerprint density at radius 3 is 2.85 bits per heavy atom. The molecule has 0 saturated heterocycles. The number of pyridine rings is 1. The fourth-order valence-corrected chi connectivity index (χ4v) is 2.75. The molecule has 4 aromatic rings. The molecule has 0 radical (unpaired) electrons. The summed E-state index contributed by atoms with van der Waals surface area (Å²) in [6.07, 6.45) is 3.45. The predicted octanol–water partition coefficient (Wildman–Crippen LogP) is 3.75. The van der Waals surface area contributed by atoms with Crippen LogP contribution in [0.5, 0.6) is 0 Å². The number of aromatic nitrogens is 3. The van der Waals surface area contributed by atoms with Gasteiger partial charge in [-0.2, -0.15) is 10.4 Å². The third-order valence-electron chi connectivity index (χ3n) is 4.01. The third kappa shape index (κ3) is 2.89. The molecule has 0 unspecified atom stereocenters. The van der Waals surface area contributed by atoms with Gasteiger partial charge in [0.2, 0.25) is 0 Å². The van der Waals surface area contributed by atoms with Gasteiger partial charge < -0.3 is 5.32 Å². The van der Waals surface area contributed by atoms with Gasteiger partial charge in [0.15, 0.2) is 0 Å². The number of rotatable bonds is 3. The largest absolute Gasteiger partial charge is 0.322 e. The summed E-state index contributed by atoms with van der Waals surface area (Å²) in [7, 11) is 0. The van der Waals surface area contributed by atoms with Crippen LogP contribution in [0.2, 0.25) is 0 Å². The average Bonchev–Trinajstić information content (AvgIpc) is 3.12. The lowest BCUT2D eigenvalue weighted by atomic mass is 10.1. The maximum Gasteiger partial charge on any atom is 0.255 e. The number of aromatic amines is 1. The predicted molar refractivity (Wildman–Crippen MR) is 98.4 cm³/mol. The van der Waals surface area contributed by atoms with Gasteiger partial charge in [0, 0.05) is 34.6 Å². The molecule has 6 nitrogen and oxygen atoms in total. The van der Waals surface area contributed by atoms with Crippen LogP contribution >= 0.6 is 0 Å². The fourth-order valence-electron chi connectivity index (χ4n) is 2.75. The smallest absolute Gasteiger partial charge is 0.255 e. The van der Waals surface area contributed by atoms with E-state index in [1.807, 2.05) is 30.3 Å². The van der Waals surface area contributed by atoms with Gasteiger partial charge in [-0.3, -0.25) is 14.9 Å². The van der Waals surface area contributed by atoms with Gasteiger partial charge >= 0.3 is 0 Å². The Bertz CT molecular complexity index is 1140. The number of H-pyrrole nitrogens is 1. The summed E-state index contributed by atoms with van der Waals surface area (Å²) in [4.78, 5) is 16.6. The molecule has 6 heteroatoms. The van der Waals surface area contributed by atoms with Gasteiger partial charge in [-0.05, 0) is 48.5 Å². The Hall–Kier alpha value is -3.98. The van der Waals surface area contributed by atoms with Gasteiger partial charge in [0.1, 0.15) is 5.69 Å². The van der Waals surface area contributed by atoms with Crippen LogP contribution in [0.25, 0.3) is 22.2 Å². The highest BCUT2D eigenvalue weighted by molar-refractivity contribution is 6.06. The van der Waals surface area contributed by atoms with Gasteiger partial charge in [0.25, 0.3) is 5.91 Å². The SMILES string of the molecule is N#Cc1cccc(C(=O)Nc2ccc3[nH]nc(-c4cccnc4)c3c2)c1. The lowest BCUT2D eigenvalue weighted by Gasteiger charge is -2.06. The van der Waals surface area contributed by atoms with Crippen molar-refractivity contribution in [3.05, 3.63) is 78.1 Å². The lowest BCUT2D eigenvalue weighted by molar-refractivity contribution is 0.102. The summed E-state index contributed by atoms with van der Waals surface area (Å²) in [5, 5.41) is 20.1. The standard InChI is InChI=1S/C20H13N5O/c21-11-13-3-1-4-14(9-13)20(26)23-16-6-7-18-17(10-16)19(25-24-18)15-5-2-8-22-12-15/h1-10,12H,(H,23,26)(H,24,25). The normalized spacial score (nSPS) is 10.4. The molecule has 0 atom stereocenters. The van der Waals surface area contributed by atoms with E-state index < -0.39 is 0 Å². The molecule has 0 aliphatic heterocycles. The number of carbonyl (C=O) groups excluding carboxylic acids is 1. The molecule has 1 amide bonds. The van der Waals surface area contributed by atoms with Crippen molar-refractivity contribution in [3.8, 4) is 17.3 Å². The number of fused-ring (bicyclic) bond motifs is 1. The second-order valence-corrected chi connectivity index (χ2v) is 5.72. The van der Waals surface area contributed by atoms with E-state index in [1.165, 1.54) is 0 Å². The minimum absolute atomic E-state index is 0.270. The molecule has 0 spiro atoms. The van der Waals surface area contributed by atoms with Gasteiger partial charge in [0.05, 0.1) is 17.1 Å². The molecular formula is C20H13N5O. The van der Waals surface area contributed by atoms with Crippen molar-refractivity contribution in [2.24, 2.45) is 0 Å². The van der Waals surface area contributed by atoms with E-state index >= 15 is 0 Å². The van der Waals surface area contributed by atoms with Crippen molar-refractivity contribution in [3.63, 3.8) is 0 Å². The van der Waals surface area contributed by atoms with Crippen LogP contribution in [-0.2, 0) is 0 Å². The maximum atomic E-state index is 12.5. The number of anilines is 1. The van der Waals surface area contributed by atoms with Crippen molar-refractivity contribution in [2.75, 3.05) is 5.32 Å². The summed E-state index contributed by atoms with van der Waals surface area (Å²) in [6.45, 7) is 0. The summed E-state index contributed by atoms with van der Waals surface area (Å²) in [6, 6.07) is 17.9. The number of benzene rings is 2. The zero-order valence-corrected chi connectivity index (χ0v) is 13.6. The second-order valence-electron chi connectivity index (χ2n) is 5.72. The van der Waals surface area contributed by atoms with E-state index in [1.54, 1.807) is 42.7 Å². The van der Waals surface area contributed by atoms with Crippen LogP contribution in [0.3, 0.4) is 0 Å². The van der Waals surface area contributed by atoms with Crippen LogP contribution in [-0.4, -0.2) is 21.1 Å². The number of carbonyl (C=O) groups is 1. The number of nitrogens with zero attached hydrogens (tertiary/aromatic N) is 3. The van der Waals surface area contributed by atoms with Crippen LogP contribution in [0, 0.1) is 11.3 Å². The number of hydrogen-bond donors (Lipinski definition) is 2. The number of hydrogen-bond acceptors (Lipinski definition) is 4.